The van der Waals surface area contributed by atoms with Crippen LogP contribution < -0.4 is 64.4 Å². The van der Waals surface area contributed by atoms with Gasteiger partial charge < -0.3 is 32.6 Å². The fourth-order valence-electron chi connectivity index (χ4n) is 8.86. The molecule has 1 heterocycles. The van der Waals surface area contributed by atoms with Crippen LogP contribution in [0.4, 0.5) is 0 Å². The van der Waals surface area contributed by atoms with Crippen LogP contribution in [0.25, 0.3) is 0 Å². The Kier molecular flexibility index (Phi) is 46.4. The van der Waals surface area contributed by atoms with Crippen molar-refractivity contribution >= 4 is 32.7 Å². The Morgan fingerprint density at radius 1 is 0.627 bits per heavy atom. The van der Waals surface area contributed by atoms with Gasteiger partial charge in [0.1, 0.15) is 24.4 Å². The number of aliphatic hydroxyl groups excluding tert-OH is 2. The molecule has 1 fully saturated rings. The topological polar surface area (TPSA) is 242 Å². The molecule has 1 aromatic carbocycles. The van der Waals surface area contributed by atoms with Crippen molar-refractivity contribution in [2.24, 2.45) is 0 Å². The molecule has 0 spiro atoms. The van der Waals surface area contributed by atoms with Crippen molar-refractivity contribution in [3.05, 3.63) is 60.2 Å². The van der Waals surface area contributed by atoms with Crippen LogP contribution in [0, 0.1) is 0 Å². The minimum Gasteiger partial charge on any atom is -1.00 e. The van der Waals surface area contributed by atoms with E-state index in [1.54, 1.807) is 36.4 Å². The molecule has 0 saturated carbocycles. The van der Waals surface area contributed by atoms with Gasteiger partial charge in [-0.25, -0.2) is 13.2 Å². The molecule has 7 atom stereocenters. The molecule has 1 amide bonds. The average molecular weight is 1120 g/mol. The summed E-state index contributed by atoms with van der Waals surface area (Å²) in [5.41, 5.74) is 0.241. The third-order valence-electron chi connectivity index (χ3n) is 13.2. The Bertz CT molecular complexity index is 1860. The summed E-state index contributed by atoms with van der Waals surface area (Å²) < 4.78 is 91.6. The summed E-state index contributed by atoms with van der Waals surface area (Å²) in [5.74, 6) is -1.08. The third kappa shape index (κ3) is 39.3. The van der Waals surface area contributed by atoms with Crippen LogP contribution in [-0.2, 0) is 48.2 Å². The number of nitrogens with one attached hydrogen (secondary N) is 1. The first-order valence-electron chi connectivity index (χ1n) is 27.9. The van der Waals surface area contributed by atoms with Gasteiger partial charge in [0.05, 0.1) is 24.8 Å². The van der Waals surface area contributed by atoms with Gasteiger partial charge in [0, 0.05) is 6.42 Å². The van der Waals surface area contributed by atoms with E-state index in [-0.39, 0.29) is 79.9 Å². The van der Waals surface area contributed by atoms with Crippen molar-refractivity contribution < 1.29 is 130 Å². The van der Waals surface area contributed by atoms with Gasteiger partial charge >= 0.3 is 85.9 Å². The fraction of sp³-hybridized carbons (Fsp3) is 0.782. The summed E-state index contributed by atoms with van der Waals surface area (Å²) in [4.78, 5) is 27.2. The van der Waals surface area contributed by atoms with E-state index in [1.807, 2.05) is 6.08 Å². The largest absolute Gasteiger partial charge is 1.00 e. The molecule has 1 aromatic rings. The molecule has 0 unspecified atom stereocenters. The molecule has 1 aliphatic heterocycles. The van der Waals surface area contributed by atoms with E-state index >= 15 is 0 Å². The van der Waals surface area contributed by atoms with E-state index in [1.165, 1.54) is 135 Å². The van der Waals surface area contributed by atoms with Crippen LogP contribution in [0.3, 0.4) is 0 Å². The molecule has 0 radical (unpaired) electrons. The summed E-state index contributed by atoms with van der Waals surface area (Å²) in [6, 6.07) is 7.09. The van der Waals surface area contributed by atoms with Crippen LogP contribution >= 0.6 is 0 Å². The Balaban J connectivity index is -0.0000137. The number of rotatable bonds is 46. The van der Waals surface area contributed by atoms with Crippen LogP contribution in [0.5, 0.6) is 0 Å². The minimum absolute atomic E-state index is 0. The van der Waals surface area contributed by atoms with Gasteiger partial charge in [-0.3, -0.25) is 13.9 Å². The minimum atomic E-state index is -5.30. The Morgan fingerprint density at radius 3 is 1.52 bits per heavy atom. The van der Waals surface area contributed by atoms with Crippen molar-refractivity contribution in [1.29, 1.82) is 0 Å². The number of unbranched alkanes of at least 4 members (excludes halogenated alkanes) is 28. The molecule has 1 aliphatic rings. The maximum Gasteiger partial charge on any atom is 1.00 e. The first-order chi connectivity index (χ1) is 35.1. The van der Waals surface area contributed by atoms with E-state index in [2.05, 4.69) is 39.7 Å². The predicted octanol–water partition coefficient (Wildman–Crippen LogP) is 6.04. The van der Waals surface area contributed by atoms with Crippen molar-refractivity contribution in [1.82, 2.24) is 5.32 Å². The Hall–Kier alpha value is -0.780. The number of amides is 1. The van der Waals surface area contributed by atoms with Gasteiger partial charge in [0.2, 0.25) is 5.91 Å². The number of esters is 1. The second-order valence-electron chi connectivity index (χ2n) is 19.7. The molecule has 426 valence electrons. The monoisotopic (exact) mass is 1120 g/mol. The molecule has 0 aromatic heterocycles. The maximum absolute atomic E-state index is 13.7. The zero-order valence-corrected chi connectivity index (χ0v) is 52.0. The van der Waals surface area contributed by atoms with Crippen LogP contribution in [0.15, 0.2) is 54.6 Å². The van der Waals surface area contributed by atoms with E-state index in [0.717, 1.165) is 51.4 Å². The second-order valence-corrected chi connectivity index (χ2v) is 21.8. The third-order valence-corrected chi connectivity index (χ3v) is 14.1. The van der Waals surface area contributed by atoms with Gasteiger partial charge in [-0.2, -0.15) is 16.8 Å². The smallest absolute Gasteiger partial charge is 1.00 e. The molecule has 0 aliphatic carbocycles. The molecule has 0 bridgehead atoms. The number of allylic oxidation sites excluding steroid dienone is 3. The van der Waals surface area contributed by atoms with Crippen molar-refractivity contribution in [3.8, 4) is 0 Å². The number of hydrogen-bond donors (Lipinski definition) is 5. The van der Waals surface area contributed by atoms with Gasteiger partial charge in [0.15, 0.2) is 12.4 Å². The Labute approximate surface area is 499 Å². The van der Waals surface area contributed by atoms with Gasteiger partial charge in [0.25, 0.3) is 0 Å². The summed E-state index contributed by atoms with van der Waals surface area (Å²) in [6.45, 7) is 2.86. The van der Waals surface area contributed by atoms with Crippen molar-refractivity contribution in [3.63, 3.8) is 0 Å². The zero-order chi connectivity index (χ0) is 53.4. The standard InChI is InChI=1S/C55H95NO15S2.2Na.2H/c1-3-5-7-9-11-13-15-17-18-19-20-21-22-23-24-26-28-30-32-34-39-43-50(57)56-47(44-67-55-53(71-73(64,65)66)52(59)51(58)49(70-55)45-68-72(61,62)63)48(69-54(60)46-40-36-35-37-41-46)42-38-33-31-29-27-25-16-14-12-10-8-6-4-2;;;;/h17-18,35-38,40-42,47-49,51-53,55,58-59H,3-16,19-34,39,43-45H2,1-2H3,(H,56,57)(H,61,62,63)(H,64,65,66);;;;/q;2*+1;2*-1/b18-17-,42-38+;;;;/t47-,48+,49+,51-,52-,53+,55+;;;;/m0..../s1. The average Bonchev–Trinajstić information content (AvgIpc) is 3.35. The fourth-order valence-corrected chi connectivity index (χ4v) is 9.66. The van der Waals surface area contributed by atoms with Gasteiger partial charge in [-0.05, 0) is 63.2 Å². The number of aliphatic hydroxyl groups is 2. The van der Waals surface area contributed by atoms with Crippen molar-refractivity contribution in [2.75, 3.05) is 13.2 Å². The van der Waals surface area contributed by atoms with Crippen LogP contribution in [0.2, 0.25) is 0 Å². The van der Waals surface area contributed by atoms with Crippen molar-refractivity contribution in [2.45, 2.75) is 262 Å². The van der Waals surface area contributed by atoms with Gasteiger partial charge in [-0.1, -0.05) is 204 Å². The van der Waals surface area contributed by atoms with Crippen LogP contribution in [0.1, 0.15) is 233 Å². The van der Waals surface area contributed by atoms with Crippen LogP contribution in [-0.4, -0.2) is 104 Å². The summed E-state index contributed by atoms with van der Waals surface area (Å²) in [6.07, 6.45) is 33.1. The first kappa shape index (κ1) is 74.2. The van der Waals surface area contributed by atoms with E-state index in [0.29, 0.717) is 12.8 Å². The number of hydrogen-bond acceptors (Lipinski definition) is 13. The predicted molar refractivity (Wildman–Crippen MR) is 288 cm³/mol. The number of benzene rings is 1. The van der Waals surface area contributed by atoms with Gasteiger partial charge in [-0.15, -0.1) is 0 Å². The molecular formula is C55H97NNa2O15S2. The number of ether oxygens (including phenoxy) is 3. The van der Waals surface area contributed by atoms with E-state index < -0.39 is 82.8 Å². The maximum atomic E-state index is 13.7. The van der Waals surface area contributed by atoms with E-state index in [9.17, 15) is 41.2 Å². The quantitative estimate of drug-likeness (QED) is 0.0165. The number of carbonyl (C=O) groups excluding carboxylic acids is 2. The summed E-state index contributed by atoms with van der Waals surface area (Å²) in [7, 11) is -10.3. The molecule has 5 N–H and O–H groups in total. The first-order valence-corrected chi connectivity index (χ1v) is 30.7. The van der Waals surface area contributed by atoms with E-state index in [4.69, 9.17) is 18.8 Å². The number of carbonyl (C=O) groups is 2. The normalized spacial score (nSPS) is 18.9. The molecule has 1 saturated heterocycles. The summed E-state index contributed by atoms with van der Waals surface area (Å²) >= 11 is 0. The molecule has 75 heavy (non-hydrogen) atoms. The SMILES string of the molecule is CCCCCCCC/C=C\CCCCCCCCCCCCCC(=O)N[C@@H](CO[C@@H]1O[C@H](COS(=O)(=O)O)[C@H](O)[C@H](O)[C@H]1OS(=O)(=O)O)[C@@H](/C=C/CCCCCCCCCCCCC)OC(=O)c1ccccc1.[H-].[H-].[Na+].[Na+]. The molecular weight excluding hydrogens is 1020 g/mol. The molecule has 16 nitrogen and oxygen atoms in total. The molecule has 2 rings (SSSR count). The Morgan fingerprint density at radius 2 is 1.07 bits per heavy atom. The second kappa shape index (κ2) is 46.9. The summed E-state index contributed by atoms with van der Waals surface area (Å²) in [5, 5.41) is 24.4. The zero-order valence-electron chi connectivity index (χ0n) is 48.4. The molecule has 20 heteroatoms.